The molecule has 1 aliphatic rings. The van der Waals surface area contributed by atoms with Crippen LogP contribution in [-0.4, -0.2) is 38.3 Å². The summed E-state index contributed by atoms with van der Waals surface area (Å²) >= 11 is 0. The molecule has 190 valence electrons. The van der Waals surface area contributed by atoms with E-state index in [0.717, 1.165) is 12.2 Å². The molecule has 2 heterocycles. The van der Waals surface area contributed by atoms with Crippen molar-refractivity contribution in [3.05, 3.63) is 78.7 Å². The van der Waals surface area contributed by atoms with Gasteiger partial charge in [-0.2, -0.15) is 0 Å². The molecule has 3 aromatic carbocycles. The smallest absolute Gasteiger partial charge is 0.227 e. The fraction of sp³-hybridized carbons (Fsp3) is 0.241. The zero-order chi connectivity index (χ0) is 25.8. The van der Waals surface area contributed by atoms with Crippen LogP contribution in [0.4, 0.5) is 10.1 Å². The largest absolute Gasteiger partial charge is 0.494 e. The van der Waals surface area contributed by atoms with Crippen molar-refractivity contribution in [2.45, 2.75) is 12.8 Å². The summed E-state index contributed by atoms with van der Waals surface area (Å²) in [5, 5.41) is 0.652. The van der Waals surface area contributed by atoms with Gasteiger partial charge in [0.25, 0.3) is 0 Å². The lowest BCUT2D eigenvalue weighted by Gasteiger charge is -2.18. The predicted molar refractivity (Wildman–Crippen MR) is 138 cm³/mol. The lowest BCUT2D eigenvalue weighted by Crippen LogP contribution is -2.24. The van der Waals surface area contributed by atoms with Crippen molar-refractivity contribution >= 4 is 22.5 Å². The van der Waals surface area contributed by atoms with E-state index >= 15 is 4.39 Å². The van der Waals surface area contributed by atoms with Crippen molar-refractivity contribution in [3.8, 4) is 28.7 Å². The fourth-order valence-electron chi connectivity index (χ4n) is 4.48. The number of nitrogens with zero attached hydrogens (tertiary/aromatic N) is 2. The van der Waals surface area contributed by atoms with Crippen LogP contribution in [0.15, 0.2) is 72.9 Å². The second-order valence-corrected chi connectivity index (χ2v) is 8.77. The van der Waals surface area contributed by atoms with Crippen molar-refractivity contribution in [1.82, 2.24) is 4.98 Å². The Bertz CT molecular complexity index is 1410. The molecule has 0 aliphatic carbocycles. The van der Waals surface area contributed by atoms with Crippen molar-refractivity contribution in [2.24, 2.45) is 5.92 Å². The maximum Gasteiger partial charge on any atom is 0.227 e. The third kappa shape index (κ3) is 5.28. The van der Waals surface area contributed by atoms with E-state index in [-0.39, 0.29) is 17.6 Å². The Morgan fingerprint density at radius 2 is 1.73 bits per heavy atom. The van der Waals surface area contributed by atoms with Crippen LogP contribution in [0.25, 0.3) is 10.9 Å². The molecule has 1 saturated heterocycles. The Morgan fingerprint density at radius 3 is 2.49 bits per heavy atom. The third-order valence-electron chi connectivity index (χ3n) is 6.40. The van der Waals surface area contributed by atoms with Crippen LogP contribution >= 0.6 is 0 Å². The van der Waals surface area contributed by atoms with Gasteiger partial charge in [-0.3, -0.25) is 9.78 Å². The molecule has 0 spiro atoms. The average molecular weight is 503 g/mol. The summed E-state index contributed by atoms with van der Waals surface area (Å²) in [5.74, 6) is 1.88. The molecule has 0 saturated carbocycles. The molecule has 8 heteroatoms. The summed E-state index contributed by atoms with van der Waals surface area (Å²) in [7, 11) is 3.09. The number of rotatable bonds is 9. The number of halogens is 1. The number of aromatic nitrogens is 1. The molecule has 0 radical (unpaired) electrons. The molecular formula is C29H27FN2O5. The molecule has 7 nitrogen and oxygen atoms in total. The number of hydrogen-bond acceptors (Lipinski definition) is 6. The van der Waals surface area contributed by atoms with Crippen LogP contribution in [-0.2, 0) is 4.79 Å². The van der Waals surface area contributed by atoms with E-state index in [1.165, 1.54) is 12.1 Å². The number of methoxy groups -OCH3 is 2. The Kier molecular flexibility index (Phi) is 7.07. The van der Waals surface area contributed by atoms with Gasteiger partial charge in [-0.25, -0.2) is 4.39 Å². The van der Waals surface area contributed by atoms with E-state index < -0.39 is 5.82 Å². The number of amides is 1. The number of carbonyl (C=O) groups excluding carboxylic acids is 1. The van der Waals surface area contributed by atoms with Crippen molar-refractivity contribution in [2.75, 3.05) is 32.3 Å². The van der Waals surface area contributed by atoms with Gasteiger partial charge in [-0.15, -0.1) is 0 Å². The third-order valence-corrected chi connectivity index (χ3v) is 6.40. The van der Waals surface area contributed by atoms with Gasteiger partial charge >= 0.3 is 0 Å². The molecule has 1 aromatic heterocycles. The first-order valence-electron chi connectivity index (χ1n) is 12.0. The Balaban J connectivity index is 1.28. The van der Waals surface area contributed by atoms with Crippen molar-refractivity contribution < 1.29 is 28.1 Å². The Hall–Kier alpha value is -4.33. The zero-order valence-corrected chi connectivity index (χ0v) is 20.6. The quantitative estimate of drug-likeness (QED) is 0.279. The SMILES string of the molecule is COc1cc2nccc(Oc3ccc(N4CC(CCOc5ccccc5)CC4=O)cc3F)c2cc1OC. The molecule has 1 aliphatic heterocycles. The van der Waals surface area contributed by atoms with Gasteiger partial charge in [-0.05, 0) is 48.7 Å². The molecular weight excluding hydrogens is 475 g/mol. The normalized spacial score (nSPS) is 15.2. The molecule has 1 atom stereocenters. The summed E-state index contributed by atoms with van der Waals surface area (Å²) in [6.07, 6.45) is 2.73. The molecule has 4 aromatic rings. The molecule has 1 fully saturated rings. The van der Waals surface area contributed by atoms with Crippen LogP contribution in [0, 0.1) is 11.7 Å². The van der Waals surface area contributed by atoms with Gasteiger partial charge in [0.2, 0.25) is 5.91 Å². The van der Waals surface area contributed by atoms with Crippen LogP contribution in [0.5, 0.6) is 28.7 Å². The van der Waals surface area contributed by atoms with Gasteiger partial charge in [0, 0.05) is 42.4 Å². The highest BCUT2D eigenvalue weighted by Crippen LogP contribution is 2.38. The number of fused-ring (bicyclic) bond motifs is 1. The van der Waals surface area contributed by atoms with Gasteiger partial charge in [0.1, 0.15) is 11.5 Å². The second-order valence-electron chi connectivity index (χ2n) is 8.77. The number of carbonyl (C=O) groups is 1. The lowest BCUT2D eigenvalue weighted by molar-refractivity contribution is -0.117. The summed E-state index contributed by atoms with van der Waals surface area (Å²) in [6.45, 7) is 1.04. The number of para-hydroxylation sites is 1. The lowest BCUT2D eigenvalue weighted by atomic mass is 10.1. The van der Waals surface area contributed by atoms with Gasteiger partial charge in [0.15, 0.2) is 23.1 Å². The minimum atomic E-state index is -0.563. The first kappa shape index (κ1) is 24.4. The maximum absolute atomic E-state index is 15.1. The summed E-state index contributed by atoms with van der Waals surface area (Å²) in [6, 6.07) is 19.3. The minimum absolute atomic E-state index is 0.0288. The molecule has 1 amide bonds. The van der Waals surface area contributed by atoms with E-state index in [0.29, 0.717) is 53.4 Å². The number of hydrogen-bond donors (Lipinski definition) is 0. The highest BCUT2D eigenvalue weighted by molar-refractivity contribution is 5.95. The van der Waals surface area contributed by atoms with E-state index in [4.69, 9.17) is 18.9 Å². The minimum Gasteiger partial charge on any atom is -0.494 e. The Morgan fingerprint density at radius 1 is 0.946 bits per heavy atom. The van der Waals surface area contributed by atoms with Crippen molar-refractivity contribution in [3.63, 3.8) is 0 Å². The summed E-state index contributed by atoms with van der Waals surface area (Å²) in [4.78, 5) is 18.6. The highest BCUT2D eigenvalue weighted by Gasteiger charge is 2.31. The molecule has 0 bridgehead atoms. The van der Waals surface area contributed by atoms with Crippen LogP contribution < -0.4 is 23.8 Å². The first-order chi connectivity index (χ1) is 18.1. The van der Waals surface area contributed by atoms with Gasteiger partial charge < -0.3 is 23.8 Å². The van der Waals surface area contributed by atoms with Crippen LogP contribution in [0.3, 0.4) is 0 Å². The maximum atomic E-state index is 15.1. The molecule has 1 unspecified atom stereocenters. The molecule has 0 N–H and O–H groups in total. The number of pyridine rings is 1. The summed E-state index contributed by atoms with van der Waals surface area (Å²) in [5.41, 5.74) is 1.13. The molecule has 37 heavy (non-hydrogen) atoms. The predicted octanol–water partition coefficient (Wildman–Crippen LogP) is 6.01. The van der Waals surface area contributed by atoms with Crippen LogP contribution in [0.2, 0.25) is 0 Å². The Labute approximate surface area is 214 Å². The van der Waals surface area contributed by atoms with Crippen molar-refractivity contribution in [1.29, 1.82) is 0 Å². The molecule has 5 rings (SSSR count). The number of benzene rings is 3. The summed E-state index contributed by atoms with van der Waals surface area (Å²) < 4.78 is 37.5. The monoisotopic (exact) mass is 502 g/mol. The first-order valence-corrected chi connectivity index (χ1v) is 12.0. The topological polar surface area (TPSA) is 70.1 Å². The van der Waals surface area contributed by atoms with E-state index in [2.05, 4.69) is 4.98 Å². The number of anilines is 1. The van der Waals surface area contributed by atoms with Crippen LogP contribution in [0.1, 0.15) is 12.8 Å². The number of ether oxygens (including phenoxy) is 4. The standard InChI is InChI=1S/C29H27FN2O5/c1-34-27-16-22-24(17-28(27)35-2)31-12-10-25(22)37-26-9-8-20(15-23(26)30)32-18-19(14-29(32)33)11-13-36-21-6-4-3-5-7-21/h3-10,12,15-17,19H,11,13-14,18H2,1-2H3. The fourth-order valence-corrected chi connectivity index (χ4v) is 4.48. The van der Waals surface area contributed by atoms with E-state index in [9.17, 15) is 4.79 Å². The average Bonchev–Trinajstić information content (AvgIpc) is 3.29. The highest BCUT2D eigenvalue weighted by atomic mass is 19.1. The van der Waals surface area contributed by atoms with E-state index in [1.807, 2.05) is 30.3 Å². The van der Waals surface area contributed by atoms with Gasteiger partial charge in [0.05, 0.1) is 26.3 Å². The zero-order valence-electron chi connectivity index (χ0n) is 20.6. The van der Waals surface area contributed by atoms with Gasteiger partial charge in [-0.1, -0.05) is 18.2 Å². The van der Waals surface area contributed by atoms with E-state index in [1.54, 1.807) is 49.6 Å². The second kappa shape index (κ2) is 10.7.